The fraction of sp³-hybridized carbons (Fsp3) is 0.250. The van der Waals surface area contributed by atoms with Gasteiger partial charge < -0.3 is 0 Å². The van der Waals surface area contributed by atoms with Crippen molar-refractivity contribution in [1.82, 2.24) is 4.41 Å². The average molecular weight is 358 g/mol. The number of hydrogen-bond acceptors (Lipinski definition) is 6. The molecule has 0 aliphatic carbocycles. The molecule has 0 atom stereocenters. The Morgan fingerprint density at radius 1 is 1.00 bits per heavy atom. The van der Waals surface area contributed by atoms with Gasteiger partial charge in [-0.1, -0.05) is 17.7 Å². The van der Waals surface area contributed by atoms with Crippen molar-refractivity contribution in [3.63, 3.8) is 0 Å². The SMILES string of the molecule is Cc1ccc(S(=O)(=O)N(C)N=O)cc1.O=S(=O)(O)O.[Na].[Na]. The van der Waals surface area contributed by atoms with Crippen LogP contribution >= 0.6 is 0 Å². The zero-order valence-electron chi connectivity index (χ0n) is 12.0. The molecular formula is C8H12N2Na2O7S2. The molecule has 0 bridgehead atoms. The summed E-state index contributed by atoms with van der Waals surface area (Å²) in [7, 11) is -7.32. The molecule has 0 saturated carbocycles. The summed E-state index contributed by atoms with van der Waals surface area (Å²) in [5.41, 5.74) is 0.950. The maximum Gasteiger partial charge on any atom is 0.394 e. The van der Waals surface area contributed by atoms with Crippen molar-refractivity contribution in [3.8, 4) is 0 Å². The molecule has 9 nitrogen and oxygen atoms in total. The van der Waals surface area contributed by atoms with Gasteiger partial charge in [0.25, 0.3) is 10.0 Å². The minimum absolute atomic E-state index is 0. The van der Waals surface area contributed by atoms with E-state index in [2.05, 4.69) is 5.29 Å². The fourth-order valence-electron chi connectivity index (χ4n) is 0.907. The van der Waals surface area contributed by atoms with Crippen molar-refractivity contribution in [1.29, 1.82) is 0 Å². The zero-order chi connectivity index (χ0) is 15.3. The first-order valence-electron chi connectivity index (χ1n) is 4.57. The van der Waals surface area contributed by atoms with Crippen LogP contribution in [-0.2, 0) is 20.4 Å². The quantitative estimate of drug-likeness (QED) is 0.332. The molecule has 0 aliphatic rings. The monoisotopic (exact) mass is 358 g/mol. The molecule has 0 unspecified atom stereocenters. The Balaban J connectivity index is -0.000000405. The molecule has 0 fully saturated rings. The molecule has 2 radical (unpaired) electrons. The molecule has 0 aliphatic heterocycles. The third-order valence-electron chi connectivity index (χ3n) is 1.78. The van der Waals surface area contributed by atoms with E-state index in [1.54, 1.807) is 12.1 Å². The Bertz CT molecular complexity index is 623. The maximum absolute atomic E-state index is 11.5. The van der Waals surface area contributed by atoms with E-state index in [1.807, 2.05) is 6.92 Å². The van der Waals surface area contributed by atoms with Gasteiger partial charge >= 0.3 is 10.4 Å². The van der Waals surface area contributed by atoms with Crippen LogP contribution in [0.1, 0.15) is 5.56 Å². The maximum atomic E-state index is 11.5. The second-order valence-corrected chi connectivity index (χ2v) is 6.13. The van der Waals surface area contributed by atoms with Crippen LogP contribution in [0.4, 0.5) is 0 Å². The smallest absolute Gasteiger partial charge is 0.264 e. The number of benzene rings is 1. The molecular weight excluding hydrogens is 346 g/mol. The van der Waals surface area contributed by atoms with Gasteiger partial charge in [0.05, 0.1) is 10.2 Å². The van der Waals surface area contributed by atoms with Crippen LogP contribution in [0.3, 0.4) is 0 Å². The third kappa shape index (κ3) is 11.6. The molecule has 2 N–H and O–H groups in total. The summed E-state index contributed by atoms with van der Waals surface area (Å²) in [4.78, 5) is 10.1. The van der Waals surface area contributed by atoms with Gasteiger partial charge in [0.2, 0.25) is 0 Å². The van der Waals surface area contributed by atoms with Crippen molar-refractivity contribution in [2.24, 2.45) is 5.29 Å². The zero-order valence-corrected chi connectivity index (χ0v) is 17.6. The predicted molar refractivity (Wildman–Crippen MR) is 77.6 cm³/mol. The molecule has 0 heterocycles. The van der Waals surface area contributed by atoms with Crippen LogP contribution in [0.25, 0.3) is 0 Å². The largest absolute Gasteiger partial charge is 0.394 e. The van der Waals surface area contributed by atoms with Gasteiger partial charge in [0.1, 0.15) is 0 Å². The molecule has 1 rings (SSSR count). The van der Waals surface area contributed by atoms with Gasteiger partial charge in [-0.05, 0) is 19.1 Å². The molecule has 0 aromatic heterocycles. The average Bonchev–Trinajstić information content (AvgIpc) is 2.26. The van der Waals surface area contributed by atoms with Crippen LogP contribution < -0.4 is 0 Å². The van der Waals surface area contributed by atoms with Gasteiger partial charge in [0, 0.05) is 66.2 Å². The Labute approximate surface area is 167 Å². The Hall–Kier alpha value is 0.440. The van der Waals surface area contributed by atoms with Gasteiger partial charge in [-0.2, -0.15) is 21.2 Å². The van der Waals surface area contributed by atoms with E-state index in [0.717, 1.165) is 12.6 Å². The van der Waals surface area contributed by atoms with Crippen molar-refractivity contribution in [2.45, 2.75) is 11.8 Å². The first-order chi connectivity index (χ1) is 8.48. The Morgan fingerprint density at radius 3 is 1.62 bits per heavy atom. The van der Waals surface area contributed by atoms with E-state index >= 15 is 0 Å². The molecule has 0 amide bonds. The van der Waals surface area contributed by atoms with E-state index in [1.165, 1.54) is 12.1 Å². The minimum Gasteiger partial charge on any atom is -0.264 e. The fourth-order valence-corrected chi connectivity index (χ4v) is 1.78. The Kier molecular flexibility index (Phi) is 13.9. The van der Waals surface area contributed by atoms with E-state index in [0.29, 0.717) is 4.41 Å². The first-order valence-corrected chi connectivity index (χ1v) is 7.41. The van der Waals surface area contributed by atoms with Gasteiger partial charge in [-0.3, -0.25) is 9.11 Å². The summed E-state index contributed by atoms with van der Waals surface area (Å²) < 4.78 is 55.0. The number of aryl methyl sites for hydroxylation is 1. The number of nitrogens with zero attached hydrogens (tertiary/aromatic N) is 2. The van der Waals surface area contributed by atoms with E-state index < -0.39 is 20.4 Å². The number of nitroso groups, excluding NO2 is 1. The van der Waals surface area contributed by atoms with Crippen LogP contribution in [-0.4, -0.2) is 96.5 Å². The molecule has 13 heteroatoms. The van der Waals surface area contributed by atoms with Gasteiger partial charge in [-0.25, -0.2) is 0 Å². The summed E-state index contributed by atoms with van der Waals surface area (Å²) in [6, 6.07) is 6.19. The number of sulfonamides is 1. The predicted octanol–water partition coefficient (Wildman–Crippen LogP) is -0.117. The number of rotatable bonds is 3. The molecule has 0 spiro atoms. The summed E-state index contributed by atoms with van der Waals surface area (Å²) >= 11 is 0. The second-order valence-electron chi connectivity index (χ2n) is 3.28. The molecule has 1 aromatic rings. The minimum atomic E-state index is -4.67. The summed E-state index contributed by atoms with van der Waals surface area (Å²) in [5, 5.41) is 2.35. The van der Waals surface area contributed by atoms with Gasteiger partial charge in [-0.15, -0.1) is 4.91 Å². The Morgan fingerprint density at radius 2 is 1.33 bits per heavy atom. The van der Waals surface area contributed by atoms with Gasteiger partial charge in [0.15, 0.2) is 0 Å². The topological polar surface area (TPSA) is 141 Å². The molecule has 21 heavy (non-hydrogen) atoms. The van der Waals surface area contributed by atoms with Crippen molar-refractivity contribution >= 4 is 79.5 Å². The van der Waals surface area contributed by atoms with Crippen LogP contribution in [0.2, 0.25) is 0 Å². The van der Waals surface area contributed by atoms with E-state index in [9.17, 15) is 13.3 Å². The van der Waals surface area contributed by atoms with Crippen LogP contribution in [0.5, 0.6) is 0 Å². The first kappa shape index (κ1) is 26.3. The van der Waals surface area contributed by atoms with E-state index in [4.69, 9.17) is 17.5 Å². The van der Waals surface area contributed by atoms with Crippen molar-refractivity contribution < 1.29 is 25.9 Å². The second kappa shape index (κ2) is 11.0. The summed E-state index contributed by atoms with van der Waals surface area (Å²) in [5.74, 6) is 0. The van der Waals surface area contributed by atoms with Crippen LogP contribution in [0, 0.1) is 11.8 Å². The molecule has 1 aromatic carbocycles. The van der Waals surface area contributed by atoms with E-state index in [-0.39, 0.29) is 64.0 Å². The van der Waals surface area contributed by atoms with Crippen molar-refractivity contribution in [3.05, 3.63) is 34.7 Å². The normalized spacial score (nSPS) is 10.1. The molecule has 0 saturated heterocycles. The molecule has 110 valence electrons. The summed E-state index contributed by atoms with van der Waals surface area (Å²) in [6.45, 7) is 1.85. The standard InChI is InChI=1S/C8H10N2O3S.2Na.H2O4S/c1-7-3-5-8(6-4-7)14(12,13)10(2)9-11;;;1-5(2,3)4/h3-6H,1-2H3;;;(H2,1,2,3,4). The number of hydrogen-bond donors (Lipinski definition) is 2. The summed E-state index contributed by atoms with van der Waals surface area (Å²) in [6.07, 6.45) is 0. The third-order valence-corrected chi connectivity index (χ3v) is 3.41. The van der Waals surface area contributed by atoms with Crippen molar-refractivity contribution in [2.75, 3.05) is 7.05 Å². The van der Waals surface area contributed by atoms with Crippen LogP contribution in [0.15, 0.2) is 34.4 Å².